The van der Waals surface area contributed by atoms with Crippen molar-refractivity contribution in [2.24, 2.45) is 4.99 Å². The van der Waals surface area contributed by atoms with Crippen LogP contribution in [0, 0.1) is 18.3 Å². The number of nitrogens with zero attached hydrogens (tertiary/aromatic N) is 2. The van der Waals surface area contributed by atoms with Gasteiger partial charge in [0.25, 0.3) is 0 Å². The molecule has 0 unspecified atom stereocenters. The number of nitriles is 1. The molecule has 156 valence electrons. The van der Waals surface area contributed by atoms with E-state index in [4.69, 9.17) is 14.7 Å². The number of hydrogen-bond acceptors (Lipinski definition) is 4. The molecule has 2 N–H and O–H groups in total. The number of nitrogens with one attached hydrogen (secondary N) is 2. The number of aliphatic imine (C=N–C) groups is 1. The summed E-state index contributed by atoms with van der Waals surface area (Å²) in [5, 5.41) is 15.5. The first-order valence-electron chi connectivity index (χ1n) is 9.40. The summed E-state index contributed by atoms with van der Waals surface area (Å²) in [6, 6.07) is 15.8. The van der Waals surface area contributed by atoms with E-state index in [2.05, 4.69) is 33.8 Å². The molecule has 0 aliphatic heterocycles. The molecule has 0 aromatic heterocycles. The molecule has 6 nitrogen and oxygen atoms in total. The van der Waals surface area contributed by atoms with Gasteiger partial charge in [-0.05, 0) is 43.2 Å². The molecular formula is C22H29IN4O2. The van der Waals surface area contributed by atoms with Gasteiger partial charge in [0, 0.05) is 32.3 Å². The molecule has 29 heavy (non-hydrogen) atoms. The normalized spacial score (nSPS) is 10.6. The predicted molar refractivity (Wildman–Crippen MR) is 127 cm³/mol. The SMILES string of the molecule is CCOCCOc1cc(C)ccc1CNC(=NC)NCc1ccc(C#N)cc1.I. The molecule has 0 radical (unpaired) electrons. The second-order valence-electron chi connectivity index (χ2n) is 6.24. The second-order valence-corrected chi connectivity index (χ2v) is 6.24. The van der Waals surface area contributed by atoms with Crippen LogP contribution in [0.25, 0.3) is 0 Å². The Morgan fingerprint density at radius 2 is 1.79 bits per heavy atom. The molecule has 0 aliphatic rings. The largest absolute Gasteiger partial charge is 0.491 e. The third-order valence-corrected chi connectivity index (χ3v) is 4.12. The van der Waals surface area contributed by atoms with E-state index in [1.807, 2.05) is 44.2 Å². The van der Waals surface area contributed by atoms with Crippen molar-refractivity contribution < 1.29 is 9.47 Å². The van der Waals surface area contributed by atoms with Crippen molar-refractivity contribution in [3.8, 4) is 11.8 Å². The molecule has 2 aromatic rings. The van der Waals surface area contributed by atoms with E-state index in [-0.39, 0.29) is 24.0 Å². The molecule has 0 saturated carbocycles. The van der Waals surface area contributed by atoms with E-state index in [1.165, 1.54) is 0 Å². The van der Waals surface area contributed by atoms with Crippen molar-refractivity contribution in [3.63, 3.8) is 0 Å². The smallest absolute Gasteiger partial charge is 0.191 e. The number of guanidine groups is 1. The first-order valence-corrected chi connectivity index (χ1v) is 9.40. The van der Waals surface area contributed by atoms with Crippen molar-refractivity contribution in [2.45, 2.75) is 26.9 Å². The maximum absolute atomic E-state index is 8.87. The average molecular weight is 508 g/mol. The van der Waals surface area contributed by atoms with Gasteiger partial charge in [-0.3, -0.25) is 4.99 Å². The maximum atomic E-state index is 8.87. The minimum Gasteiger partial charge on any atom is -0.491 e. The lowest BCUT2D eigenvalue weighted by Gasteiger charge is -2.15. The molecule has 0 heterocycles. The Kier molecular flexibility index (Phi) is 11.8. The second kappa shape index (κ2) is 13.8. The third kappa shape index (κ3) is 8.71. The third-order valence-electron chi connectivity index (χ3n) is 4.12. The zero-order valence-electron chi connectivity index (χ0n) is 17.2. The van der Waals surface area contributed by atoms with Crippen LogP contribution in [0.4, 0.5) is 0 Å². The molecule has 2 aromatic carbocycles. The van der Waals surface area contributed by atoms with Gasteiger partial charge < -0.3 is 20.1 Å². The summed E-state index contributed by atoms with van der Waals surface area (Å²) < 4.78 is 11.2. The van der Waals surface area contributed by atoms with E-state index >= 15 is 0 Å². The highest BCUT2D eigenvalue weighted by Gasteiger charge is 2.06. The molecule has 0 saturated heterocycles. The van der Waals surface area contributed by atoms with Gasteiger partial charge in [0.2, 0.25) is 0 Å². The molecule has 0 fully saturated rings. The van der Waals surface area contributed by atoms with Crippen LogP contribution in [0.3, 0.4) is 0 Å². The van der Waals surface area contributed by atoms with Crippen molar-refractivity contribution >= 4 is 29.9 Å². The topological polar surface area (TPSA) is 78.7 Å². The average Bonchev–Trinajstić information content (AvgIpc) is 2.73. The highest BCUT2D eigenvalue weighted by Crippen LogP contribution is 2.20. The van der Waals surface area contributed by atoms with Gasteiger partial charge in [-0.25, -0.2) is 0 Å². The first-order chi connectivity index (χ1) is 13.7. The summed E-state index contributed by atoms with van der Waals surface area (Å²) in [5.41, 5.74) is 3.95. The molecule has 0 aliphatic carbocycles. The standard InChI is InChI=1S/C22H28N4O2.HI/c1-4-27-11-12-28-21-13-17(2)5-10-20(21)16-26-22(24-3)25-15-19-8-6-18(14-23)7-9-19;/h5-10,13H,4,11-12,15-16H2,1-3H3,(H2,24,25,26);1H. The van der Waals surface area contributed by atoms with Crippen LogP contribution in [0.15, 0.2) is 47.5 Å². The van der Waals surface area contributed by atoms with Crippen LogP contribution in [0.1, 0.15) is 29.2 Å². The Balaban J connectivity index is 0.00000420. The summed E-state index contributed by atoms with van der Waals surface area (Å²) in [6.45, 7) is 7.02. The maximum Gasteiger partial charge on any atom is 0.191 e. The van der Waals surface area contributed by atoms with Crippen LogP contribution in [0.2, 0.25) is 0 Å². The lowest BCUT2D eigenvalue weighted by atomic mass is 10.1. The Bertz CT molecular complexity index is 817. The van der Waals surface area contributed by atoms with Gasteiger partial charge in [0.15, 0.2) is 5.96 Å². The first kappa shape index (κ1) is 24.7. The van der Waals surface area contributed by atoms with Gasteiger partial charge in [-0.2, -0.15) is 5.26 Å². The zero-order chi connectivity index (χ0) is 20.2. The van der Waals surface area contributed by atoms with E-state index in [0.29, 0.717) is 44.4 Å². The molecule has 0 bridgehead atoms. The number of rotatable bonds is 9. The number of halogens is 1. The number of hydrogen-bond donors (Lipinski definition) is 2. The quantitative estimate of drug-likeness (QED) is 0.234. The monoisotopic (exact) mass is 508 g/mol. The fourth-order valence-corrected chi connectivity index (χ4v) is 2.58. The van der Waals surface area contributed by atoms with E-state index < -0.39 is 0 Å². The van der Waals surface area contributed by atoms with Crippen LogP contribution in [-0.4, -0.2) is 32.8 Å². The van der Waals surface area contributed by atoms with Gasteiger partial charge in [-0.1, -0.05) is 24.3 Å². The highest BCUT2D eigenvalue weighted by atomic mass is 127. The Morgan fingerprint density at radius 1 is 1.07 bits per heavy atom. The molecule has 0 spiro atoms. The summed E-state index contributed by atoms with van der Waals surface area (Å²) in [4.78, 5) is 4.27. The summed E-state index contributed by atoms with van der Waals surface area (Å²) in [5.74, 6) is 1.56. The Hall–Kier alpha value is -2.31. The number of aryl methyl sites for hydroxylation is 1. The van der Waals surface area contributed by atoms with Gasteiger partial charge in [-0.15, -0.1) is 24.0 Å². The minimum absolute atomic E-state index is 0. The van der Waals surface area contributed by atoms with Crippen molar-refractivity contribution in [1.29, 1.82) is 5.26 Å². The van der Waals surface area contributed by atoms with E-state index in [9.17, 15) is 0 Å². The zero-order valence-corrected chi connectivity index (χ0v) is 19.5. The van der Waals surface area contributed by atoms with Gasteiger partial charge in [0.05, 0.1) is 18.2 Å². The van der Waals surface area contributed by atoms with Crippen molar-refractivity contribution in [3.05, 3.63) is 64.7 Å². The highest BCUT2D eigenvalue weighted by molar-refractivity contribution is 14.0. The fourth-order valence-electron chi connectivity index (χ4n) is 2.58. The Morgan fingerprint density at radius 3 is 2.45 bits per heavy atom. The fraction of sp³-hybridized carbons (Fsp3) is 0.364. The molecule has 0 amide bonds. The van der Waals surface area contributed by atoms with E-state index in [1.54, 1.807) is 7.05 Å². The van der Waals surface area contributed by atoms with Crippen molar-refractivity contribution in [1.82, 2.24) is 10.6 Å². The molecule has 2 rings (SSSR count). The number of benzene rings is 2. The number of ether oxygens (including phenoxy) is 2. The minimum atomic E-state index is 0. The van der Waals surface area contributed by atoms with Crippen LogP contribution < -0.4 is 15.4 Å². The van der Waals surface area contributed by atoms with Crippen LogP contribution in [-0.2, 0) is 17.8 Å². The van der Waals surface area contributed by atoms with Crippen molar-refractivity contribution in [2.75, 3.05) is 26.9 Å². The van der Waals surface area contributed by atoms with Crippen LogP contribution >= 0.6 is 24.0 Å². The van der Waals surface area contributed by atoms with E-state index in [0.717, 1.165) is 22.4 Å². The Labute approximate surface area is 190 Å². The van der Waals surface area contributed by atoms with Crippen LogP contribution in [0.5, 0.6) is 5.75 Å². The lowest BCUT2D eigenvalue weighted by Crippen LogP contribution is -2.36. The molecule has 7 heteroatoms. The lowest BCUT2D eigenvalue weighted by molar-refractivity contribution is 0.110. The molecular weight excluding hydrogens is 479 g/mol. The van der Waals surface area contributed by atoms with Gasteiger partial charge in [0.1, 0.15) is 12.4 Å². The summed E-state index contributed by atoms with van der Waals surface area (Å²) in [7, 11) is 1.74. The summed E-state index contributed by atoms with van der Waals surface area (Å²) in [6.07, 6.45) is 0. The van der Waals surface area contributed by atoms with Gasteiger partial charge >= 0.3 is 0 Å². The molecule has 0 atom stereocenters. The predicted octanol–water partition coefficient (Wildman–Crippen LogP) is 3.77. The summed E-state index contributed by atoms with van der Waals surface area (Å²) >= 11 is 0.